The van der Waals surface area contributed by atoms with Crippen LogP contribution in [0, 0.1) is 5.92 Å². The molecule has 4 rings (SSSR count). The fourth-order valence-electron chi connectivity index (χ4n) is 4.09. The van der Waals surface area contributed by atoms with E-state index in [1.165, 1.54) is 0 Å². The maximum atomic E-state index is 13.3. The highest BCUT2D eigenvalue weighted by Crippen LogP contribution is 2.48. The van der Waals surface area contributed by atoms with E-state index >= 15 is 0 Å². The highest BCUT2D eigenvalue weighted by atomic mass is 19.3. The number of rotatable bonds is 9. The summed E-state index contributed by atoms with van der Waals surface area (Å²) in [6, 6.07) is 6.59. The number of nitrogens with zero attached hydrogens (tertiary/aromatic N) is 4. The lowest BCUT2D eigenvalue weighted by Gasteiger charge is -2.33. The predicted octanol–water partition coefficient (Wildman–Crippen LogP) is 3.11. The first kappa shape index (κ1) is 26.7. The van der Waals surface area contributed by atoms with Crippen molar-refractivity contribution in [2.75, 3.05) is 24.6 Å². The van der Waals surface area contributed by atoms with E-state index in [0.717, 1.165) is 18.5 Å². The van der Waals surface area contributed by atoms with Gasteiger partial charge in [0.25, 0.3) is 11.8 Å². The molecule has 1 amide bonds. The van der Waals surface area contributed by atoms with Gasteiger partial charge in [-0.15, -0.1) is 0 Å². The Morgan fingerprint density at radius 1 is 1.30 bits per heavy atom. The molecule has 1 saturated heterocycles. The second kappa shape index (κ2) is 10.2. The van der Waals surface area contributed by atoms with Crippen LogP contribution >= 0.6 is 0 Å². The summed E-state index contributed by atoms with van der Waals surface area (Å²) >= 11 is 0. The Balaban J connectivity index is 1.50. The standard InChI is InChI=1S/C26H34F2N6O3/c1-15(29)19-6-5-7-20(31-19)17-8-10-34(11-9-17)22-12-21(23(35)30-16(2)25(3,4)36)32-24(33-22)37-14-18-13-26(18,27)28/h5-7,12,16-18,36H,1,8-11,13-14,29H2,2-4H3,(H,30,35)/t16-,18?/m1/s1. The quantitative estimate of drug-likeness (QED) is 0.464. The highest BCUT2D eigenvalue weighted by molar-refractivity contribution is 5.93. The normalized spacial score (nSPS) is 20.3. The molecule has 2 aromatic heterocycles. The van der Waals surface area contributed by atoms with Crippen molar-refractivity contribution in [1.29, 1.82) is 0 Å². The van der Waals surface area contributed by atoms with Crippen LogP contribution in [0.4, 0.5) is 14.6 Å². The van der Waals surface area contributed by atoms with Crippen LogP contribution < -0.4 is 20.7 Å². The van der Waals surface area contributed by atoms with Crippen LogP contribution in [-0.4, -0.2) is 63.2 Å². The molecule has 11 heteroatoms. The second-order valence-electron chi connectivity index (χ2n) is 10.5. The highest BCUT2D eigenvalue weighted by Gasteiger charge is 2.57. The number of anilines is 1. The summed E-state index contributed by atoms with van der Waals surface area (Å²) in [4.78, 5) is 28.2. The van der Waals surface area contributed by atoms with Crippen molar-refractivity contribution in [2.24, 2.45) is 11.7 Å². The molecule has 37 heavy (non-hydrogen) atoms. The number of nitrogens with two attached hydrogens (primary N) is 1. The molecule has 4 N–H and O–H groups in total. The summed E-state index contributed by atoms with van der Waals surface area (Å²) < 4.78 is 32.2. The van der Waals surface area contributed by atoms with Gasteiger partial charge in [-0.05, 0) is 45.7 Å². The van der Waals surface area contributed by atoms with E-state index in [9.17, 15) is 18.7 Å². The number of carbonyl (C=O) groups is 1. The van der Waals surface area contributed by atoms with Crippen LogP contribution in [0.3, 0.4) is 0 Å². The molecule has 0 radical (unpaired) electrons. The molecule has 3 heterocycles. The van der Waals surface area contributed by atoms with Gasteiger partial charge in [0.1, 0.15) is 18.1 Å². The van der Waals surface area contributed by atoms with Crippen molar-refractivity contribution in [3.63, 3.8) is 0 Å². The molecule has 1 aliphatic carbocycles. The summed E-state index contributed by atoms with van der Waals surface area (Å²) in [7, 11) is 0. The van der Waals surface area contributed by atoms with Crippen molar-refractivity contribution < 1.29 is 23.4 Å². The van der Waals surface area contributed by atoms with Crippen molar-refractivity contribution in [1.82, 2.24) is 20.3 Å². The smallest absolute Gasteiger partial charge is 0.319 e. The van der Waals surface area contributed by atoms with E-state index in [1.54, 1.807) is 26.8 Å². The van der Waals surface area contributed by atoms with Gasteiger partial charge in [0.15, 0.2) is 0 Å². The van der Waals surface area contributed by atoms with Crippen LogP contribution in [0.5, 0.6) is 6.01 Å². The Labute approximate surface area is 215 Å². The van der Waals surface area contributed by atoms with E-state index in [4.69, 9.17) is 10.5 Å². The molecular weight excluding hydrogens is 482 g/mol. The number of halogens is 2. The van der Waals surface area contributed by atoms with Gasteiger partial charge in [-0.2, -0.15) is 9.97 Å². The van der Waals surface area contributed by atoms with Crippen LogP contribution in [0.1, 0.15) is 67.8 Å². The van der Waals surface area contributed by atoms with Crippen molar-refractivity contribution in [3.8, 4) is 6.01 Å². The van der Waals surface area contributed by atoms with Crippen molar-refractivity contribution >= 4 is 17.4 Å². The third-order valence-electron chi connectivity index (χ3n) is 7.04. The van der Waals surface area contributed by atoms with E-state index in [1.807, 2.05) is 23.1 Å². The first-order valence-electron chi connectivity index (χ1n) is 12.4. The number of amides is 1. The fourth-order valence-corrected chi connectivity index (χ4v) is 4.09. The van der Waals surface area contributed by atoms with Crippen molar-refractivity contribution in [3.05, 3.63) is 47.9 Å². The topological polar surface area (TPSA) is 126 Å². The zero-order chi connectivity index (χ0) is 27.0. The summed E-state index contributed by atoms with van der Waals surface area (Å²) in [5, 5.41) is 12.9. The molecule has 2 aliphatic rings. The van der Waals surface area contributed by atoms with Crippen LogP contribution in [0.2, 0.25) is 0 Å². The lowest BCUT2D eigenvalue weighted by atomic mass is 9.93. The molecule has 9 nitrogen and oxygen atoms in total. The third kappa shape index (κ3) is 6.51. The minimum Gasteiger partial charge on any atom is -0.463 e. The second-order valence-corrected chi connectivity index (χ2v) is 10.5. The lowest BCUT2D eigenvalue weighted by molar-refractivity contribution is 0.0407. The number of aromatic nitrogens is 3. The van der Waals surface area contributed by atoms with Gasteiger partial charge >= 0.3 is 6.01 Å². The number of piperidine rings is 1. The molecule has 0 aromatic carbocycles. The molecule has 0 spiro atoms. The van der Waals surface area contributed by atoms with Gasteiger partial charge in [0.05, 0.1) is 29.0 Å². The molecule has 2 aromatic rings. The average Bonchev–Trinajstić information content (AvgIpc) is 3.48. The molecular formula is C26H34F2N6O3. The van der Waals surface area contributed by atoms with Crippen LogP contribution in [0.15, 0.2) is 30.8 Å². The summed E-state index contributed by atoms with van der Waals surface area (Å²) in [6.07, 6.45) is 1.35. The Bertz CT molecular complexity index is 1160. The van der Waals surface area contributed by atoms with Gasteiger partial charge < -0.3 is 25.8 Å². The number of hydrogen-bond acceptors (Lipinski definition) is 8. The number of pyridine rings is 1. The lowest BCUT2D eigenvalue weighted by Crippen LogP contribution is -2.47. The first-order chi connectivity index (χ1) is 17.3. The van der Waals surface area contributed by atoms with E-state index < -0.39 is 29.4 Å². The van der Waals surface area contributed by atoms with Crippen molar-refractivity contribution in [2.45, 2.75) is 63.5 Å². The number of aliphatic hydroxyl groups is 1. The monoisotopic (exact) mass is 516 g/mol. The summed E-state index contributed by atoms with van der Waals surface area (Å²) in [5.74, 6) is -3.43. The maximum absolute atomic E-state index is 13.3. The van der Waals surface area contributed by atoms with Crippen LogP contribution in [-0.2, 0) is 0 Å². The Morgan fingerprint density at radius 2 is 1.97 bits per heavy atom. The first-order valence-corrected chi connectivity index (χ1v) is 12.4. The Kier molecular flexibility index (Phi) is 7.36. The van der Waals surface area contributed by atoms with Gasteiger partial charge in [-0.25, -0.2) is 8.78 Å². The minimum atomic E-state index is -2.73. The number of nitrogens with one attached hydrogen (secondary N) is 1. The largest absolute Gasteiger partial charge is 0.463 e. The fraction of sp³-hybridized carbons (Fsp3) is 0.538. The number of carbonyl (C=O) groups excluding carboxylic acids is 1. The minimum absolute atomic E-state index is 0.0385. The molecule has 0 bridgehead atoms. The van der Waals surface area contributed by atoms with Gasteiger partial charge in [0, 0.05) is 37.2 Å². The molecule has 200 valence electrons. The van der Waals surface area contributed by atoms with Gasteiger partial charge in [-0.3, -0.25) is 9.78 Å². The van der Waals surface area contributed by atoms with Crippen LogP contribution in [0.25, 0.3) is 5.70 Å². The average molecular weight is 517 g/mol. The number of ether oxygens (including phenoxy) is 1. The van der Waals surface area contributed by atoms with Gasteiger partial charge in [0.2, 0.25) is 0 Å². The van der Waals surface area contributed by atoms with E-state index in [-0.39, 0.29) is 30.7 Å². The Hall–Kier alpha value is -3.34. The zero-order valence-electron chi connectivity index (χ0n) is 21.4. The molecule has 1 aliphatic heterocycles. The molecule has 1 saturated carbocycles. The summed E-state index contributed by atoms with van der Waals surface area (Å²) in [6.45, 7) is 9.66. The third-order valence-corrected chi connectivity index (χ3v) is 7.04. The number of alkyl halides is 2. The zero-order valence-corrected chi connectivity index (χ0v) is 21.4. The Morgan fingerprint density at radius 3 is 2.57 bits per heavy atom. The number of hydrogen-bond donors (Lipinski definition) is 3. The van der Waals surface area contributed by atoms with Gasteiger partial charge in [-0.1, -0.05) is 12.6 Å². The molecule has 2 atom stereocenters. The van der Waals surface area contributed by atoms with E-state index in [2.05, 4.69) is 26.8 Å². The predicted molar refractivity (Wildman–Crippen MR) is 135 cm³/mol. The maximum Gasteiger partial charge on any atom is 0.319 e. The molecule has 2 fully saturated rings. The SMILES string of the molecule is C=C(N)c1cccc(C2CCN(c3cc(C(=O)N[C@H](C)C(C)(C)O)nc(OCC4CC4(F)F)n3)CC2)n1. The molecule has 1 unspecified atom stereocenters. The van der Waals surface area contributed by atoms with E-state index in [0.29, 0.717) is 30.3 Å². The summed E-state index contributed by atoms with van der Waals surface area (Å²) in [5.41, 5.74) is 6.72.